The number of amides is 1. The highest BCUT2D eigenvalue weighted by Gasteiger charge is 2.25. The zero-order valence-corrected chi connectivity index (χ0v) is 20.4. The number of benzene rings is 2. The monoisotopic (exact) mass is 470 g/mol. The van der Waals surface area contributed by atoms with Gasteiger partial charge in [0, 0.05) is 18.4 Å². The summed E-state index contributed by atoms with van der Waals surface area (Å²) in [5, 5.41) is 12.6. The fraction of sp³-hybridized carbons (Fsp3) is 0.375. The second-order valence-electron chi connectivity index (χ2n) is 7.70. The molecule has 1 N–H and O–H groups in total. The third kappa shape index (κ3) is 6.41. The lowest BCUT2D eigenvalue weighted by Crippen LogP contribution is -2.33. The minimum atomic E-state index is -0.276. The van der Waals surface area contributed by atoms with E-state index in [1.165, 1.54) is 0 Å². The topological polar surface area (TPSA) is 87.5 Å². The Balaban J connectivity index is 1.59. The van der Waals surface area contributed by atoms with E-state index in [-0.39, 0.29) is 17.9 Å². The van der Waals surface area contributed by atoms with Crippen molar-refractivity contribution in [2.75, 3.05) is 26.6 Å². The predicted octanol–water partition coefficient (Wildman–Crippen LogP) is 4.13. The maximum atomic E-state index is 12.8. The van der Waals surface area contributed by atoms with Crippen LogP contribution in [0.2, 0.25) is 0 Å². The molecule has 1 heterocycles. The molecule has 1 atom stereocenters. The summed E-state index contributed by atoms with van der Waals surface area (Å²) in [6.07, 6.45) is 0. The number of nitrogens with one attached hydrogen (secondary N) is 1. The van der Waals surface area contributed by atoms with Crippen molar-refractivity contribution < 1.29 is 19.0 Å². The van der Waals surface area contributed by atoms with E-state index in [1.807, 2.05) is 49.7 Å². The molecular formula is C24H30N4O4S. The molecule has 3 rings (SSSR count). The molecular weight excluding hydrogens is 440 g/mol. The molecule has 1 unspecified atom stereocenters. The van der Waals surface area contributed by atoms with Gasteiger partial charge in [-0.2, -0.15) is 0 Å². The smallest absolute Gasteiger partial charge is 0.251 e. The minimum Gasteiger partial charge on any atom is -0.497 e. The summed E-state index contributed by atoms with van der Waals surface area (Å²) in [6, 6.07) is 14.2. The zero-order chi connectivity index (χ0) is 23.8. The Morgan fingerprint density at radius 3 is 2.12 bits per heavy atom. The number of hydrogen-bond acceptors (Lipinski definition) is 7. The van der Waals surface area contributed by atoms with E-state index in [2.05, 4.69) is 15.5 Å². The summed E-state index contributed by atoms with van der Waals surface area (Å²) in [5.41, 5.74) is 0.564. The maximum absolute atomic E-state index is 12.8. The summed E-state index contributed by atoms with van der Waals surface area (Å²) in [6.45, 7) is 4.62. The van der Waals surface area contributed by atoms with Crippen molar-refractivity contribution in [2.45, 2.75) is 25.0 Å². The van der Waals surface area contributed by atoms with Gasteiger partial charge in [0.25, 0.3) is 5.91 Å². The first-order valence-corrected chi connectivity index (χ1v) is 11.6. The summed E-state index contributed by atoms with van der Waals surface area (Å²) in [4.78, 5) is 12.8. The van der Waals surface area contributed by atoms with Gasteiger partial charge < -0.3 is 24.1 Å². The van der Waals surface area contributed by atoms with Crippen LogP contribution in [0.5, 0.6) is 17.2 Å². The predicted molar refractivity (Wildman–Crippen MR) is 128 cm³/mol. The molecule has 8 nitrogen and oxygen atoms in total. The Bertz CT molecular complexity index is 1040. The Hall–Kier alpha value is -3.20. The summed E-state index contributed by atoms with van der Waals surface area (Å²) >= 11 is 1.56. The summed E-state index contributed by atoms with van der Waals surface area (Å²) in [7, 11) is 5.14. The van der Waals surface area contributed by atoms with E-state index in [0.717, 1.165) is 16.7 Å². The second-order valence-corrected chi connectivity index (χ2v) is 8.76. The van der Waals surface area contributed by atoms with E-state index < -0.39 is 0 Å². The minimum absolute atomic E-state index is 0.131. The SMILES string of the molecule is COc1ccc(OCCSc2nnc(C(NC(=O)c3ccc(OC)cc3)C(C)C)n2C)cc1. The number of nitrogens with zero attached hydrogens (tertiary/aromatic N) is 3. The van der Waals surface area contributed by atoms with Crippen LogP contribution in [-0.2, 0) is 7.05 Å². The van der Waals surface area contributed by atoms with Crippen molar-refractivity contribution in [3.63, 3.8) is 0 Å². The molecule has 33 heavy (non-hydrogen) atoms. The average molecular weight is 471 g/mol. The lowest BCUT2D eigenvalue weighted by Gasteiger charge is -2.21. The third-order valence-electron chi connectivity index (χ3n) is 5.09. The van der Waals surface area contributed by atoms with Crippen LogP contribution in [0.4, 0.5) is 0 Å². The number of hydrogen-bond donors (Lipinski definition) is 1. The fourth-order valence-electron chi connectivity index (χ4n) is 3.18. The molecule has 0 saturated carbocycles. The standard InChI is InChI=1S/C24H30N4O4S/c1-16(2)21(25-23(29)17-6-8-18(30-4)9-7-17)22-26-27-24(28(22)3)33-15-14-32-20-12-10-19(31-5)11-13-20/h6-13,16,21H,14-15H2,1-5H3,(H,25,29). The fourth-order valence-corrected chi connectivity index (χ4v) is 3.92. The quantitative estimate of drug-likeness (QED) is 0.333. The number of carbonyl (C=O) groups excluding carboxylic acids is 1. The molecule has 0 aliphatic carbocycles. The molecule has 1 amide bonds. The van der Waals surface area contributed by atoms with Gasteiger partial charge in [-0.1, -0.05) is 25.6 Å². The summed E-state index contributed by atoms with van der Waals surface area (Å²) < 4.78 is 18.0. The molecule has 176 valence electrons. The van der Waals surface area contributed by atoms with E-state index in [1.54, 1.807) is 50.2 Å². The van der Waals surface area contributed by atoms with Gasteiger partial charge in [0.2, 0.25) is 0 Å². The normalized spacial score (nSPS) is 11.8. The van der Waals surface area contributed by atoms with Crippen LogP contribution in [0.15, 0.2) is 53.7 Å². The molecule has 0 bridgehead atoms. The Labute approximate surface area is 198 Å². The van der Waals surface area contributed by atoms with Crippen LogP contribution in [0, 0.1) is 5.92 Å². The molecule has 9 heteroatoms. The number of aromatic nitrogens is 3. The number of methoxy groups -OCH3 is 2. The first kappa shape index (κ1) is 24.4. The first-order chi connectivity index (χ1) is 15.9. The van der Waals surface area contributed by atoms with Gasteiger partial charge in [-0.05, 0) is 54.4 Å². The Kier molecular flexibility index (Phi) is 8.59. The van der Waals surface area contributed by atoms with Crippen LogP contribution >= 0.6 is 11.8 Å². The largest absolute Gasteiger partial charge is 0.497 e. The number of ether oxygens (including phenoxy) is 3. The third-order valence-corrected chi connectivity index (χ3v) is 6.08. The Morgan fingerprint density at radius 2 is 1.55 bits per heavy atom. The Morgan fingerprint density at radius 1 is 0.970 bits per heavy atom. The molecule has 0 radical (unpaired) electrons. The summed E-state index contributed by atoms with van der Waals surface area (Å²) in [5.74, 6) is 3.68. The van der Waals surface area contributed by atoms with E-state index >= 15 is 0 Å². The highest BCUT2D eigenvalue weighted by atomic mass is 32.2. The molecule has 0 spiro atoms. The first-order valence-electron chi connectivity index (χ1n) is 10.7. The lowest BCUT2D eigenvalue weighted by atomic mass is 10.0. The van der Waals surface area contributed by atoms with Crippen LogP contribution in [0.3, 0.4) is 0 Å². The van der Waals surface area contributed by atoms with Crippen LogP contribution in [-0.4, -0.2) is 47.3 Å². The van der Waals surface area contributed by atoms with Gasteiger partial charge in [-0.3, -0.25) is 4.79 Å². The van der Waals surface area contributed by atoms with E-state index in [0.29, 0.717) is 29.5 Å². The molecule has 2 aromatic carbocycles. The van der Waals surface area contributed by atoms with Gasteiger partial charge in [-0.15, -0.1) is 10.2 Å². The average Bonchev–Trinajstić information content (AvgIpc) is 3.20. The van der Waals surface area contributed by atoms with E-state index in [4.69, 9.17) is 14.2 Å². The van der Waals surface area contributed by atoms with Crippen LogP contribution < -0.4 is 19.5 Å². The van der Waals surface area contributed by atoms with Crippen molar-refractivity contribution in [2.24, 2.45) is 13.0 Å². The number of carbonyl (C=O) groups is 1. The molecule has 0 fully saturated rings. The van der Waals surface area contributed by atoms with E-state index in [9.17, 15) is 4.79 Å². The van der Waals surface area contributed by atoms with Gasteiger partial charge >= 0.3 is 0 Å². The van der Waals surface area contributed by atoms with Crippen molar-refractivity contribution in [3.05, 3.63) is 59.9 Å². The van der Waals surface area contributed by atoms with Crippen molar-refractivity contribution >= 4 is 17.7 Å². The highest BCUT2D eigenvalue weighted by Crippen LogP contribution is 2.25. The number of thioether (sulfide) groups is 1. The zero-order valence-electron chi connectivity index (χ0n) is 19.6. The van der Waals surface area contributed by atoms with Crippen LogP contribution in [0.25, 0.3) is 0 Å². The number of rotatable bonds is 11. The maximum Gasteiger partial charge on any atom is 0.251 e. The van der Waals surface area contributed by atoms with Crippen molar-refractivity contribution in [3.8, 4) is 17.2 Å². The van der Waals surface area contributed by atoms with Crippen molar-refractivity contribution in [1.29, 1.82) is 0 Å². The van der Waals surface area contributed by atoms with Gasteiger partial charge in [0.1, 0.15) is 17.2 Å². The molecule has 1 aromatic heterocycles. The molecule has 0 aliphatic heterocycles. The van der Waals surface area contributed by atoms with Crippen molar-refractivity contribution in [1.82, 2.24) is 20.1 Å². The lowest BCUT2D eigenvalue weighted by molar-refractivity contribution is 0.0922. The highest BCUT2D eigenvalue weighted by molar-refractivity contribution is 7.99. The van der Waals surface area contributed by atoms with Gasteiger partial charge in [0.15, 0.2) is 11.0 Å². The van der Waals surface area contributed by atoms with Gasteiger partial charge in [0.05, 0.1) is 26.9 Å². The molecule has 3 aromatic rings. The molecule has 0 aliphatic rings. The second kappa shape index (κ2) is 11.6. The van der Waals surface area contributed by atoms with Crippen LogP contribution in [0.1, 0.15) is 36.1 Å². The van der Waals surface area contributed by atoms with Gasteiger partial charge in [-0.25, -0.2) is 0 Å². The molecule has 0 saturated heterocycles.